The van der Waals surface area contributed by atoms with Crippen molar-refractivity contribution in [3.8, 4) is 0 Å². The summed E-state index contributed by atoms with van der Waals surface area (Å²) in [6, 6.07) is 3.72. The highest BCUT2D eigenvalue weighted by Gasteiger charge is 2.37. The second kappa shape index (κ2) is 6.76. The Hall–Kier alpha value is -1.53. The number of nitrogens with one attached hydrogen (secondary N) is 1. The normalized spacial score (nSPS) is 28.2. The minimum atomic E-state index is -0.738. The molecule has 3 rings (SSSR count). The summed E-state index contributed by atoms with van der Waals surface area (Å²) in [7, 11) is 1.94. The van der Waals surface area contributed by atoms with Crippen molar-refractivity contribution in [2.75, 3.05) is 13.6 Å². The highest BCUT2D eigenvalue weighted by molar-refractivity contribution is 5.69. The van der Waals surface area contributed by atoms with Crippen LogP contribution in [0, 0.1) is 11.6 Å². The summed E-state index contributed by atoms with van der Waals surface area (Å²) in [4.78, 5) is 0. The van der Waals surface area contributed by atoms with Crippen molar-refractivity contribution in [1.29, 1.82) is 0 Å². The molecule has 24 heavy (non-hydrogen) atoms. The molecule has 3 nitrogen and oxygen atoms in total. The number of likely N-dealkylation sites (N-methyl/N-ethyl adjacent to an activating group) is 1. The van der Waals surface area contributed by atoms with Gasteiger partial charge in [0, 0.05) is 31.3 Å². The van der Waals surface area contributed by atoms with Gasteiger partial charge in [0.1, 0.15) is 24.0 Å². The standard InChI is InChI=1S/C18H24F3N3/c1-4-24-17(12-7-14(20)9-15(21)8-12)11(2)18(23(24)3)22-16-6-5-13(19)10-16/h7-9,13,16,18,22H,4-6,10H2,1-3H3/t13-,16+,18?/m1/s1. The third-order valence-corrected chi connectivity index (χ3v) is 4.99. The van der Waals surface area contributed by atoms with Gasteiger partial charge in [-0.15, -0.1) is 0 Å². The molecule has 1 N–H and O–H groups in total. The van der Waals surface area contributed by atoms with Crippen LogP contribution >= 0.6 is 0 Å². The molecule has 0 bridgehead atoms. The van der Waals surface area contributed by atoms with E-state index in [0.29, 0.717) is 24.9 Å². The quantitative estimate of drug-likeness (QED) is 0.903. The van der Waals surface area contributed by atoms with Gasteiger partial charge in [0.15, 0.2) is 0 Å². The van der Waals surface area contributed by atoms with Gasteiger partial charge in [-0.2, -0.15) is 0 Å². The molecule has 1 saturated carbocycles. The Labute approximate surface area is 141 Å². The lowest BCUT2D eigenvalue weighted by Crippen LogP contribution is -2.49. The maximum absolute atomic E-state index is 13.7. The number of hydrazine groups is 1. The fourth-order valence-electron chi connectivity index (χ4n) is 3.89. The first kappa shape index (κ1) is 17.3. The Morgan fingerprint density at radius 3 is 2.38 bits per heavy atom. The van der Waals surface area contributed by atoms with Crippen molar-refractivity contribution in [1.82, 2.24) is 15.3 Å². The topological polar surface area (TPSA) is 18.5 Å². The van der Waals surface area contributed by atoms with Crippen LogP contribution in [0.1, 0.15) is 38.7 Å². The summed E-state index contributed by atoms with van der Waals surface area (Å²) >= 11 is 0. The van der Waals surface area contributed by atoms with E-state index in [1.54, 1.807) is 0 Å². The van der Waals surface area contributed by atoms with Gasteiger partial charge in [-0.05, 0) is 50.8 Å². The first-order valence-electron chi connectivity index (χ1n) is 8.48. The number of nitrogens with zero attached hydrogens (tertiary/aromatic N) is 2. The highest BCUT2D eigenvalue weighted by atomic mass is 19.1. The summed E-state index contributed by atoms with van der Waals surface area (Å²) in [5, 5.41) is 7.53. The predicted molar refractivity (Wildman–Crippen MR) is 88.6 cm³/mol. The zero-order valence-corrected chi connectivity index (χ0v) is 14.3. The lowest BCUT2D eigenvalue weighted by molar-refractivity contribution is 0.0407. The molecule has 1 fully saturated rings. The maximum atomic E-state index is 13.7. The SMILES string of the molecule is CCN1C(c2cc(F)cc(F)c2)=C(C)C(N[C@H]2CC[C@@H](F)C2)N1C. The van der Waals surface area contributed by atoms with E-state index in [0.717, 1.165) is 23.8 Å². The Bertz CT molecular complexity index is 626. The molecule has 0 spiro atoms. The first-order chi connectivity index (χ1) is 11.4. The Kier molecular flexibility index (Phi) is 4.88. The van der Waals surface area contributed by atoms with Crippen molar-refractivity contribution >= 4 is 5.70 Å². The van der Waals surface area contributed by atoms with E-state index in [2.05, 4.69) is 5.32 Å². The van der Waals surface area contributed by atoms with Gasteiger partial charge in [-0.3, -0.25) is 5.32 Å². The lowest BCUT2D eigenvalue weighted by Gasteiger charge is -2.33. The van der Waals surface area contributed by atoms with E-state index in [1.165, 1.54) is 12.1 Å². The molecule has 6 heteroatoms. The Morgan fingerprint density at radius 1 is 1.17 bits per heavy atom. The number of alkyl halides is 1. The van der Waals surface area contributed by atoms with Crippen LogP contribution in [-0.4, -0.2) is 42.0 Å². The molecule has 1 aliphatic heterocycles. The lowest BCUT2D eigenvalue weighted by atomic mass is 10.1. The number of hydrogen-bond donors (Lipinski definition) is 1. The molecule has 0 aromatic heterocycles. The van der Waals surface area contributed by atoms with Crippen LogP contribution in [0.4, 0.5) is 13.2 Å². The minimum Gasteiger partial charge on any atom is -0.304 e. The average molecular weight is 339 g/mol. The van der Waals surface area contributed by atoms with E-state index in [1.807, 2.05) is 30.9 Å². The zero-order valence-electron chi connectivity index (χ0n) is 14.3. The van der Waals surface area contributed by atoms with Crippen LogP contribution < -0.4 is 5.32 Å². The summed E-state index contributed by atoms with van der Waals surface area (Å²) < 4.78 is 40.8. The molecule has 1 aromatic rings. The molecule has 0 amide bonds. The first-order valence-corrected chi connectivity index (χ1v) is 8.48. The fourth-order valence-corrected chi connectivity index (χ4v) is 3.89. The predicted octanol–water partition coefficient (Wildman–Crippen LogP) is 3.68. The van der Waals surface area contributed by atoms with Crippen LogP contribution in [0.2, 0.25) is 0 Å². The van der Waals surface area contributed by atoms with Crippen LogP contribution in [0.5, 0.6) is 0 Å². The van der Waals surface area contributed by atoms with Crippen molar-refractivity contribution in [3.05, 3.63) is 41.0 Å². The van der Waals surface area contributed by atoms with E-state index >= 15 is 0 Å². The van der Waals surface area contributed by atoms with E-state index in [9.17, 15) is 13.2 Å². The molecule has 1 unspecified atom stereocenters. The molecule has 3 atom stereocenters. The molecule has 1 aliphatic carbocycles. The summed E-state index contributed by atoms with van der Waals surface area (Å²) in [5.41, 5.74) is 2.33. The van der Waals surface area contributed by atoms with Crippen molar-refractivity contribution < 1.29 is 13.2 Å². The third kappa shape index (κ3) is 3.17. The average Bonchev–Trinajstić information content (AvgIpc) is 3.02. The van der Waals surface area contributed by atoms with Gasteiger partial charge in [0.05, 0.1) is 5.70 Å². The Morgan fingerprint density at radius 2 is 1.83 bits per heavy atom. The smallest absolute Gasteiger partial charge is 0.126 e. The van der Waals surface area contributed by atoms with Gasteiger partial charge < -0.3 is 5.01 Å². The molecular weight excluding hydrogens is 315 g/mol. The number of halogens is 3. The van der Waals surface area contributed by atoms with Crippen molar-refractivity contribution in [3.63, 3.8) is 0 Å². The second-order valence-electron chi connectivity index (χ2n) is 6.66. The van der Waals surface area contributed by atoms with E-state index in [4.69, 9.17) is 0 Å². The maximum Gasteiger partial charge on any atom is 0.126 e. The van der Waals surface area contributed by atoms with Gasteiger partial charge >= 0.3 is 0 Å². The highest BCUT2D eigenvalue weighted by Crippen LogP contribution is 2.35. The third-order valence-electron chi connectivity index (χ3n) is 4.99. The number of benzene rings is 1. The van der Waals surface area contributed by atoms with E-state index < -0.39 is 17.8 Å². The fraction of sp³-hybridized carbons (Fsp3) is 0.556. The van der Waals surface area contributed by atoms with Gasteiger partial charge in [-0.1, -0.05) is 0 Å². The van der Waals surface area contributed by atoms with Crippen LogP contribution in [-0.2, 0) is 0 Å². The van der Waals surface area contributed by atoms with Gasteiger partial charge in [-0.25, -0.2) is 18.2 Å². The summed E-state index contributed by atoms with van der Waals surface area (Å²) in [5.74, 6) is -1.17. The van der Waals surface area contributed by atoms with Crippen molar-refractivity contribution in [2.24, 2.45) is 0 Å². The van der Waals surface area contributed by atoms with Gasteiger partial charge in [0.2, 0.25) is 0 Å². The Balaban J connectivity index is 1.92. The van der Waals surface area contributed by atoms with E-state index in [-0.39, 0.29) is 12.2 Å². The van der Waals surface area contributed by atoms with Crippen molar-refractivity contribution in [2.45, 2.75) is 51.5 Å². The van der Waals surface area contributed by atoms with Crippen LogP contribution in [0.15, 0.2) is 23.8 Å². The molecule has 1 aromatic carbocycles. The zero-order chi connectivity index (χ0) is 17.4. The molecule has 2 aliphatic rings. The molecule has 132 valence electrons. The molecule has 0 radical (unpaired) electrons. The van der Waals surface area contributed by atoms with Gasteiger partial charge in [0.25, 0.3) is 0 Å². The molecule has 1 heterocycles. The number of rotatable bonds is 4. The monoisotopic (exact) mass is 339 g/mol. The molecular formula is C18H24F3N3. The molecule has 0 saturated heterocycles. The summed E-state index contributed by atoms with van der Waals surface area (Å²) in [6.07, 6.45) is 1.10. The largest absolute Gasteiger partial charge is 0.304 e. The minimum absolute atomic E-state index is 0.0958. The number of hydrogen-bond acceptors (Lipinski definition) is 3. The van der Waals surface area contributed by atoms with Crippen LogP contribution in [0.25, 0.3) is 5.70 Å². The van der Waals surface area contributed by atoms with Crippen LogP contribution in [0.3, 0.4) is 0 Å². The second-order valence-corrected chi connectivity index (χ2v) is 6.66. The summed E-state index contributed by atoms with van der Waals surface area (Å²) in [6.45, 7) is 4.63.